The van der Waals surface area contributed by atoms with Gasteiger partial charge in [-0.25, -0.2) is 0 Å². The predicted molar refractivity (Wildman–Crippen MR) is 78.4 cm³/mol. The molecular formula is C15H20ClNO3. The number of nitrogens with one attached hydrogen (secondary N) is 1. The van der Waals surface area contributed by atoms with Gasteiger partial charge in [-0.3, -0.25) is 4.79 Å². The van der Waals surface area contributed by atoms with E-state index in [0.717, 1.165) is 18.4 Å². The van der Waals surface area contributed by atoms with Gasteiger partial charge in [0, 0.05) is 18.9 Å². The van der Waals surface area contributed by atoms with Crippen molar-refractivity contribution in [2.45, 2.75) is 33.2 Å². The van der Waals surface area contributed by atoms with E-state index in [1.54, 1.807) is 0 Å². The summed E-state index contributed by atoms with van der Waals surface area (Å²) in [7, 11) is 0. The van der Waals surface area contributed by atoms with Crippen molar-refractivity contribution in [2.75, 3.05) is 13.2 Å². The molecule has 0 aromatic heterocycles. The molecule has 20 heavy (non-hydrogen) atoms. The van der Waals surface area contributed by atoms with Crippen molar-refractivity contribution in [1.82, 2.24) is 5.32 Å². The van der Waals surface area contributed by atoms with Crippen LogP contribution in [0.4, 0.5) is 0 Å². The van der Waals surface area contributed by atoms with Crippen LogP contribution in [0, 0.1) is 5.92 Å². The third kappa shape index (κ3) is 3.57. The van der Waals surface area contributed by atoms with Crippen LogP contribution in [-0.2, 0) is 11.3 Å². The summed E-state index contributed by atoms with van der Waals surface area (Å²) in [5.74, 6) is 1.32. The largest absolute Gasteiger partial charge is 0.489 e. The first-order valence-corrected chi connectivity index (χ1v) is 7.35. The van der Waals surface area contributed by atoms with Gasteiger partial charge in [0.25, 0.3) is 0 Å². The lowest BCUT2D eigenvalue weighted by Gasteiger charge is -2.13. The average molecular weight is 298 g/mol. The van der Waals surface area contributed by atoms with Gasteiger partial charge in [0.15, 0.2) is 11.5 Å². The van der Waals surface area contributed by atoms with Gasteiger partial charge in [-0.15, -0.1) is 0 Å². The van der Waals surface area contributed by atoms with Crippen molar-refractivity contribution in [3.8, 4) is 11.5 Å². The van der Waals surface area contributed by atoms with E-state index in [-0.39, 0.29) is 11.8 Å². The third-order valence-electron chi connectivity index (χ3n) is 3.39. The SMILES string of the molecule is CC[C@H](C)C(=O)NCc1cc(Cl)c2c(c1)OCCCO2. The first-order chi connectivity index (χ1) is 9.61. The molecule has 1 atom stereocenters. The Hall–Kier alpha value is -1.42. The Morgan fingerprint density at radius 1 is 1.40 bits per heavy atom. The number of rotatable bonds is 4. The number of benzene rings is 1. The molecule has 110 valence electrons. The van der Waals surface area contributed by atoms with Crippen LogP contribution in [0.5, 0.6) is 11.5 Å². The number of hydrogen-bond donors (Lipinski definition) is 1. The summed E-state index contributed by atoms with van der Waals surface area (Å²) in [6.07, 6.45) is 1.67. The number of carbonyl (C=O) groups excluding carboxylic acids is 1. The second kappa shape index (κ2) is 6.84. The van der Waals surface area contributed by atoms with Crippen molar-refractivity contribution in [1.29, 1.82) is 0 Å². The van der Waals surface area contributed by atoms with Crippen LogP contribution >= 0.6 is 11.6 Å². The Morgan fingerprint density at radius 3 is 2.90 bits per heavy atom. The molecule has 0 saturated heterocycles. The summed E-state index contributed by atoms with van der Waals surface area (Å²) in [5, 5.41) is 3.43. The molecule has 4 nitrogen and oxygen atoms in total. The lowest BCUT2D eigenvalue weighted by atomic mass is 10.1. The molecule has 1 N–H and O–H groups in total. The van der Waals surface area contributed by atoms with Crippen LogP contribution in [0.1, 0.15) is 32.3 Å². The topological polar surface area (TPSA) is 47.6 Å². The van der Waals surface area contributed by atoms with E-state index in [1.807, 2.05) is 26.0 Å². The van der Waals surface area contributed by atoms with Crippen molar-refractivity contribution >= 4 is 17.5 Å². The molecule has 0 aliphatic carbocycles. The fourth-order valence-corrected chi connectivity index (χ4v) is 2.22. The predicted octanol–water partition coefficient (Wildman–Crippen LogP) is 3.16. The maximum Gasteiger partial charge on any atom is 0.223 e. The van der Waals surface area contributed by atoms with Gasteiger partial charge in [0.2, 0.25) is 5.91 Å². The lowest BCUT2D eigenvalue weighted by Crippen LogP contribution is -2.28. The highest BCUT2D eigenvalue weighted by Gasteiger charge is 2.16. The summed E-state index contributed by atoms with van der Waals surface area (Å²) < 4.78 is 11.2. The molecule has 1 aliphatic rings. The normalized spacial score (nSPS) is 15.3. The first kappa shape index (κ1) is 15.0. The van der Waals surface area contributed by atoms with Crippen molar-refractivity contribution in [3.05, 3.63) is 22.7 Å². The Kier molecular flexibility index (Phi) is 5.12. The highest BCUT2D eigenvalue weighted by atomic mass is 35.5. The molecule has 1 heterocycles. The molecule has 1 aliphatic heterocycles. The molecule has 0 unspecified atom stereocenters. The minimum absolute atomic E-state index is 0.0193. The van der Waals surface area contributed by atoms with Crippen LogP contribution in [0.2, 0.25) is 5.02 Å². The summed E-state index contributed by atoms with van der Waals surface area (Å²) in [6.45, 7) is 5.58. The summed E-state index contributed by atoms with van der Waals surface area (Å²) in [5.41, 5.74) is 0.913. The Balaban J connectivity index is 2.08. The van der Waals surface area contributed by atoms with E-state index in [9.17, 15) is 4.79 Å². The molecule has 1 aromatic carbocycles. The fourth-order valence-electron chi connectivity index (χ4n) is 1.94. The van der Waals surface area contributed by atoms with Crippen LogP contribution in [-0.4, -0.2) is 19.1 Å². The van der Waals surface area contributed by atoms with E-state index in [2.05, 4.69) is 5.32 Å². The molecular weight excluding hydrogens is 278 g/mol. The molecule has 0 spiro atoms. The molecule has 5 heteroatoms. The first-order valence-electron chi connectivity index (χ1n) is 6.97. The van der Waals surface area contributed by atoms with Crippen LogP contribution in [0.15, 0.2) is 12.1 Å². The summed E-state index contributed by atoms with van der Waals surface area (Å²) >= 11 is 6.21. The van der Waals surface area contributed by atoms with Crippen molar-refractivity contribution in [3.63, 3.8) is 0 Å². The highest BCUT2D eigenvalue weighted by Crippen LogP contribution is 2.37. The van der Waals surface area contributed by atoms with E-state index in [1.165, 1.54) is 0 Å². The fraction of sp³-hybridized carbons (Fsp3) is 0.533. The van der Waals surface area contributed by atoms with Crippen LogP contribution in [0.3, 0.4) is 0 Å². The van der Waals surface area contributed by atoms with Gasteiger partial charge in [0.05, 0.1) is 18.2 Å². The van der Waals surface area contributed by atoms with E-state index < -0.39 is 0 Å². The van der Waals surface area contributed by atoms with Crippen molar-refractivity contribution in [2.24, 2.45) is 5.92 Å². The second-order valence-corrected chi connectivity index (χ2v) is 5.39. The molecule has 0 fully saturated rings. The number of fused-ring (bicyclic) bond motifs is 1. The molecule has 1 amide bonds. The zero-order valence-corrected chi connectivity index (χ0v) is 12.6. The molecule has 0 bridgehead atoms. The highest BCUT2D eigenvalue weighted by molar-refractivity contribution is 6.32. The monoisotopic (exact) mass is 297 g/mol. The number of carbonyl (C=O) groups is 1. The number of halogens is 1. The zero-order chi connectivity index (χ0) is 14.5. The minimum atomic E-state index is 0.0193. The molecule has 2 rings (SSSR count). The molecule has 1 aromatic rings. The second-order valence-electron chi connectivity index (χ2n) is 4.98. The van der Waals surface area contributed by atoms with Gasteiger partial charge < -0.3 is 14.8 Å². The minimum Gasteiger partial charge on any atom is -0.489 e. The summed E-state index contributed by atoms with van der Waals surface area (Å²) in [6, 6.07) is 3.69. The van der Waals surface area contributed by atoms with Gasteiger partial charge in [-0.1, -0.05) is 25.4 Å². The number of hydrogen-bond acceptors (Lipinski definition) is 3. The zero-order valence-electron chi connectivity index (χ0n) is 11.9. The number of ether oxygens (including phenoxy) is 2. The Labute approximate surface area is 124 Å². The van der Waals surface area contributed by atoms with E-state index in [0.29, 0.717) is 36.3 Å². The van der Waals surface area contributed by atoms with E-state index >= 15 is 0 Å². The quantitative estimate of drug-likeness (QED) is 0.928. The molecule has 0 saturated carbocycles. The Bertz CT molecular complexity index is 490. The van der Waals surface area contributed by atoms with Crippen LogP contribution in [0.25, 0.3) is 0 Å². The van der Waals surface area contributed by atoms with Gasteiger partial charge in [-0.2, -0.15) is 0 Å². The van der Waals surface area contributed by atoms with Gasteiger partial charge >= 0.3 is 0 Å². The smallest absolute Gasteiger partial charge is 0.223 e. The van der Waals surface area contributed by atoms with Gasteiger partial charge in [-0.05, 0) is 24.1 Å². The number of amides is 1. The maximum absolute atomic E-state index is 11.8. The van der Waals surface area contributed by atoms with Crippen molar-refractivity contribution < 1.29 is 14.3 Å². The maximum atomic E-state index is 11.8. The van der Waals surface area contributed by atoms with Gasteiger partial charge in [0.1, 0.15) is 0 Å². The lowest BCUT2D eigenvalue weighted by molar-refractivity contribution is -0.124. The summed E-state index contributed by atoms with van der Waals surface area (Å²) in [4.78, 5) is 11.8. The van der Waals surface area contributed by atoms with E-state index in [4.69, 9.17) is 21.1 Å². The standard InChI is InChI=1S/C15H20ClNO3/c1-3-10(2)15(18)17-9-11-7-12(16)14-13(8-11)19-5-4-6-20-14/h7-8,10H,3-6,9H2,1-2H3,(H,17,18)/t10-/m0/s1. The Morgan fingerprint density at radius 2 is 2.15 bits per heavy atom. The molecule has 0 radical (unpaired) electrons. The van der Waals surface area contributed by atoms with Crippen LogP contribution < -0.4 is 14.8 Å². The average Bonchev–Trinajstić information content (AvgIpc) is 2.69. The third-order valence-corrected chi connectivity index (χ3v) is 3.67.